The lowest BCUT2D eigenvalue weighted by atomic mass is 10.2. The van der Waals surface area contributed by atoms with E-state index in [0.717, 1.165) is 24.8 Å². The topological polar surface area (TPSA) is 94.2 Å². The average molecular weight is 463 g/mol. The zero-order chi connectivity index (χ0) is 23.3. The number of sulfonamides is 1. The molecule has 0 radical (unpaired) electrons. The molecule has 0 aromatic heterocycles. The summed E-state index contributed by atoms with van der Waals surface area (Å²) in [7, 11) is -0.587. The highest BCUT2D eigenvalue weighted by Crippen LogP contribution is 2.38. The van der Waals surface area contributed by atoms with Gasteiger partial charge in [0, 0.05) is 18.8 Å². The normalized spacial score (nSPS) is 14.6. The lowest BCUT2D eigenvalue weighted by Gasteiger charge is -2.26. The number of ether oxygens (including phenoxy) is 3. The molecule has 1 fully saturated rings. The van der Waals surface area contributed by atoms with Gasteiger partial charge in [0.2, 0.25) is 15.8 Å². The van der Waals surface area contributed by atoms with Crippen molar-refractivity contribution in [3.8, 4) is 17.2 Å². The molecule has 0 bridgehead atoms. The molecule has 1 aliphatic heterocycles. The smallest absolute Gasteiger partial charge is 0.262 e. The molecule has 0 aliphatic carbocycles. The second-order valence-electron chi connectivity index (χ2n) is 7.78. The van der Waals surface area contributed by atoms with Crippen LogP contribution in [0.15, 0.2) is 35.2 Å². The molecule has 0 saturated carbocycles. The van der Waals surface area contributed by atoms with E-state index in [1.54, 1.807) is 31.2 Å². The van der Waals surface area contributed by atoms with Crippen molar-refractivity contribution in [1.29, 1.82) is 0 Å². The number of anilines is 1. The van der Waals surface area contributed by atoms with E-state index in [9.17, 15) is 13.2 Å². The van der Waals surface area contributed by atoms with Gasteiger partial charge in [0.05, 0.1) is 19.1 Å². The van der Waals surface area contributed by atoms with Crippen molar-refractivity contribution in [1.82, 2.24) is 4.31 Å². The number of nitrogens with zero attached hydrogens (tertiary/aromatic N) is 1. The summed E-state index contributed by atoms with van der Waals surface area (Å²) in [6, 6.07) is 8.44. The van der Waals surface area contributed by atoms with E-state index in [2.05, 4.69) is 5.32 Å². The number of methoxy groups -OCH3 is 2. The third-order valence-corrected chi connectivity index (χ3v) is 7.40. The van der Waals surface area contributed by atoms with Crippen LogP contribution in [-0.2, 0) is 14.8 Å². The minimum Gasteiger partial charge on any atom is -0.493 e. The van der Waals surface area contributed by atoms with Crippen molar-refractivity contribution in [2.24, 2.45) is 0 Å². The highest BCUT2D eigenvalue weighted by Gasteiger charge is 2.27. The van der Waals surface area contributed by atoms with Gasteiger partial charge >= 0.3 is 0 Å². The monoisotopic (exact) mass is 462 g/mol. The van der Waals surface area contributed by atoms with Crippen molar-refractivity contribution in [3.63, 3.8) is 0 Å². The number of carbonyl (C=O) groups excluding carboxylic acids is 1. The first kappa shape index (κ1) is 23.9. The van der Waals surface area contributed by atoms with Gasteiger partial charge in [0.25, 0.3) is 5.91 Å². The van der Waals surface area contributed by atoms with Gasteiger partial charge in [-0.1, -0.05) is 12.5 Å². The number of aryl methyl sites for hydroxylation is 2. The quantitative estimate of drug-likeness (QED) is 0.645. The van der Waals surface area contributed by atoms with Crippen LogP contribution in [0.4, 0.5) is 5.69 Å². The van der Waals surface area contributed by atoms with Crippen LogP contribution < -0.4 is 19.5 Å². The minimum absolute atomic E-state index is 0.208. The van der Waals surface area contributed by atoms with Gasteiger partial charge in [-0.3, -0.25) is 4.79 Å². The summed E-state index contributed by atoms with van der Waals surface area (Å²) >= 11 is 0. The van der Waals surface area contributed by atoms with Crippen molar-refractivity contribution < 1.29 is 27.4 Å². The first-order valence-corrected chi connectivity index (χ1v) is 12.0. The van der Waals surface area contributed by atoms with Crippen LogP contribution in [-0.4, -0.2) is 52.5 Å². The Morgan fingerprint density at radius 3 is 2.22 bits per heavy atom. The molecule has 2 aromatic rings. The van der Waals surface area contributed by atoms with Gasteiger partial charge in [-0.25, -0.2) is 8.42 Å². The molecule has 32 heavy (non-hydrogen) atoms. The van der Waals surface area contributed by atoms with Gasteiger partial charge in [0.1, 0.15) is 0 Å². The molecule has 3 rings (SSSR count). The van der Waals surface area contributed by atoms with Gasteiger partial charge in [-0.05, 0) is 62.1 Å². The van der Waals surface area contributed by atoms with Gasteiger partial charge in [-0.15, -0.1) is 0 Å². The predicted octanol–water partition coefficient (Wildman–Crippen LogP) is 3.51. The summed E-state index contributed by atoms with van der Waals surface area (Å²) in [5.74, 6) is 0.813. The zero-order valence-corrected chi connectivity index (χ0v) is 19.8. The molecule has 1 heterocycles. The molecule has 1 amide bonds. The molecular weight excluding hydrogens is 432 g/mol. The number of carbonyl (C=O) groups is 1. The highest BCUT2D eigenvalue weighted by molar-refractivity contribution is 7.89. The number of hydrogen-bond donors (Lipinski definition) is 1. The molecule has 9 heteroatoms. The Labute approximate surface area is 189 Å². The van der Waals surface area contributed by atoms with Crippen LogP contribution in [0.25, 0.3) is 0 Å². The van der Waals surface area contributed by atoms with Gasteiger partial charge < -0.3 is 19.5 Å². The second-order valence-corrected chi connectivity index (χ2v) is 9.69. The van der Waals surface area contributed by atoms with E-state index in [1.165, 1.54) is 24.6 Å². The third-order valence-electron chi connectivity index (χ3n) is 5.36. The number of benzene rings is 2. The third kappa shape index (κ3) is 5.34. The van der Waals surface area contributed by atoms with Crippen molar-refractivity contribution in [3.05, 3.63) is 41.5 Å². The van der Waals surface area contributed by atoms with Crippen LogP contribution in [0.3, 0.4) is 0 Å². The number of piperidine rings is 1. The Kier molecular flexibility index (Phi) is 7.63. The molecule has 1 saturated heterocycles. The molecule has 1 aliphatic rings. The minimum atomic E-state index is -3.61. The maximum Gasteiger partial charge on any atom is 0.262 e. The summed E-state index contributed by atoms with van der Waals surface area (Å²) in [5.41, 5.74) is 1.96. The predicted molar refractivity (Wildman–Crippen MR) is 122 cm³/mol. The summed E-state index contributed by atoms with van der Waals surface area (Å²) < 4.78 is 44.0. The largest absolute Gasteiger partial charge is 0.493 e. The Hall–Kier alpha value is -2.78. The Morgan fingerprint density at radius 2 is 1.62 bits per heavy atom. The van der Waals surface area contributed by atoms with Crippen LogP contribution >= 0.6 is 0 Å². The molecule has 0 spiro atoms. The van der Waals surface area contributed by atoms with Crippen LogP contribution in [0.5, 0.6) is 17.2 Å². The van der Waals surface area contributed by atoms with E-state index >= 15 is 0 Å². The average Bonchev–Trinajstić information content (AvgIpc) is 2.79. The molecule has 0 atom stereocenters. The number of nitrogens with one attached hydrogen (secondary N) is 1. The zero-order valence-electron chi connectivity index (χ0n) is 18.9. The standard InChI is InChI=1S/C23H30N2O6S/c1-16-12-19(29-3)23(20(13-16)30-4)31-15-22(26)24-18-9-8-17(2)21(14-18)32(27,28)25-10-6-5-7-11-25/h8-9,12-14H,5-7,10-11,15H2,1-4H3,(H,24,26). The van der Waals surface area contributed by atoms with E-state index in [1.807, 2.05) is 6.92 Å². The lowest BCUT2D eigenvalue weighted by molar-refractivity contribution is -0.118. The van der Waals surface area contributed by atoms with Gasteiger partial charge in [-0.2, -0.15) is 4.31 Å². The van der Waals surface area contributed by atoms with E-state index < -0.39 is 15.9 Å². The molecule has 8 nitrogen and oxygen atoms in total. The fraction of sp³-hybridized carbons (Fsp3) is 0.435. The number of rotatable bonds is 8. The fourth-order valence-electron chi connectivity index (χ4n) is 3.69. The fourth-order valence-corrected chi connectivity index (χ4v) is 5.46. The molecule has 0 unspecified atom stereocenters. The summed E-state index contributed by atoms with van der Waals surface area (Å²) in [4.78, 5) is 12.7. The Bertz CT molecular complexity index is 1050. The van der Waals surface area contributed by atoms with E-state index in [0.29, 0.717) is 41.6 Å². The molecule has 2 aromatic carbocycles. The maximum atomic E-state index is 13.1. The van der Waals surface area contributed by atoms with Crippen LogP contribution in [0.1, 0.15) is 30.4 Å². The number of hydrogen-bond acceptors (Lipinski definition) is 6. The van der Waals surface area contributed by atoms with Crippen molar-refractivity contribution in [2.45, 2.75) is 38.0 Å². The summed E-state index contributed by atoms with van der Waals surface area (Å²) in [6.07, 6.45) is 2.76. The highest BCUT2D eigenvalue weighted by atomic mass is 32.2. The SMILES string of the molecule is COc1cc(C)cc(OC)c1OCC(=O)Nc1ccc(C)c(S(=O)(=O)N2CCCCC2)c1. The van der Waals surface area contributed by atoms with Crippen molar-refractivity contribution >= 4 is 21.6 Å². The second kappa shape index (κ2) is 10.2. The molecular formula is C23H30N2O6S. The Morgan fingerprint density at radius 1 is 1.00 bits per heavy atom. The van der Waals surface area contributed by atoms with Crippen LogP contribution in [0, 0.1) is 13.8 Å². The molecule has 174 valence electrons. The first-order valence-electron chi connectivity index (χ1n) is 10.5. The Balaban J connectivity index is 1.73. The van der Waals surface area contributed by atoms with E-state index in [-0.39, 0.29) is 11.5 Å². The number of amides is 1. The maximum absolute atomic E-state index is 13.1. The molecule has 1 N–H and O–H groups in total. The van der Waals surface area contributed by atoms with Crippen LogP contribution in [0.2, 0.25) is 0 Å². The first-order chi connectivity index (χ1) is 15.3. The summed E-state index contributed by atoms with van der Waals surface area (Å²) in [5, 5.41) is 2.71. The van der Waals surface area contributed by atoms with Gasteiger partial charge in [0.15, 0.2) is 18.1 Å². The summed E-state index contributed by atoms with van der Waals surface area (Å²) in [6.45, 7) is 4.40. The van der Waals surface area contributed by atoms with E-state index in [4.69, 9.17) is 14.2 Å². The lowest BCUT2D eigenvalue weighted by Crippen LogP contribution is -2.36. The van der Waals surface area contributed by atoms with Crippen molar-refractivity contribution in [2.75, 3.05) is 39.2 Å².